The van der Waals surface area contributed by atoms with E-state index in [0.717, 1.165) is 9.87 Å². The number of aryl methyl sites for hydroxylation is 1. The molecule has 3 rings (SSSR count). The summed E-state index contributed by atoms with van der Waals surface area (Å²) in [5.74, 6) is -0.747. The highest BCUT2D eigenvalue weighted by Gasteiger charge is 2.33. The number of carbonyl (C=O) groups excluding carboxylic acids is 2. The summed E-state index contributed by atoms with van der Waals surface area (Å²) in [4.78, 5) is 28.4. The summed E-state index contributed by atoms with van der Waals surface area (Å²) >= 11 is 12.8. The van der Waals surface area contributed by atoms with E-state index in [-0.39, 0.29) is 23.3 Å². The van der Waals surface area contributed by atoms with Gasteiger partial charge in [-0.05, 0) is 61.7 Å². The molecular formula is C29H33Cl2N3O4S. The van der Waals surface area contributed by atoms with E-state index >= 15 is 0 Å². The van der Waals surface area contributed by atoms with E-state index in [4.69, 9.17) is 23.2 Å². The predicted octanol–water partition coefficient (Wildman–Crippen LogP) is 5.69. The summed E-state index contributed by atoms with van der Waals surface area (Å²) in [6, 6.07) is 18.9. The van der Waals surface area contributed by atoms with Gasteiger partial charge in [0.25, 0.3) is 10.0 Å². The van der Waals surface area contributed by atoms with Gasteiger partial charge < -0.3 is 10.2 Å². The summed E-state index contributed by atoms with van der Waals surface area (Å²) in [6.45, 7) is 7.17. The van der Waals surface area contributed by atoms with Crippen LogP contribution in [0.1, 0.15) is 31.9 Å². The van der Waals surface area contributed by atoms with Crippen molar-refractivity contribution in [1.82, 2.24) is 10.2 Å². The molecule has 208 valence electrons. The van der Waals surface area contributed by atoms with Crippen molar-refractivity contribution in [2.24, 2.45) is 5.92 Å². The number of anilines is 1. The smallest absolute Gasteiger partial charge is 0.264 e. The fraction of sp³-hybridized carbons (Fsp3) is 0.310. The molecule has 0 heterocycles. The standard InChI is InChI=1S/C29H33Cl2N3O4S/c1-20(2)17-32-29(36)22(4)33(18-25-26(30)14-9-15-27(25)31)28(35)19-34(23-11-8-10-21(3)16-23)39(37,38)24-12-6-5-7-13-24/h5-16,20,22H,17-19H2,1-4H3,(H,32,36)/t22-/m1/s1. The molecule has 39 heavy (non-hydrogen) atoms. The Morgan fingerprint density at radius 2 is 1.51 bits per heavy atom. The van der Waals surface area contributed by atoms with Crippen molar-refractivity contribution in [3.63, 3.8) is 0 Å². The van der Waals surface area contributed by atoms with Gasteiger partial charge in [-0.3, -0.25) is 13.9 Å². The fourth-order valence-electron chi connectivity index (χ4n) is 3.92. The largest absolute Gasteiger partial charge is 0.354 e. The Labute approximate surface area is 240 Å². The van der Waals surface area contributed by atoms with Crippen molar-refractivity contribution in [3.8, 4) is 0 Å². The van der Waals surface area contributed by atoms with Crippen LogP contribution in [0.25, 0.3) is 0 Å². The van der Waals surface area contributed by atoms with Crippen LogP contribution in [-0.2, 0) is 26.2 Å². The average molecular weight is 591 g/mol. The number of halogens is 2. The van der Waals surface area contributed by atoms with Gasteiger partial charge in [0.2, 0.25) is 11.8 Å². The quantitative estimate of drug-likeness (QED) is 0.311. The lowest BCUT2D eigenvalue weighted by atomic mass is 10.1. The molecule has 0 aromatic heterocycles. The van der Waals surface area contributed by atoms with Crippen LogP contribution >= 0.6 is 23.2 Å². The monoisotopic (exact) mass is 589 g/mol. The molecular weight excluding hydrogens is 557 g/mol. The zero-order chi connectivity index (χ0) is 28.7. The number of carbonyl (C=O) groups is 2. The van der Waals surface area contributed by atoms with Gasteiger partial charge in [-0.2, -0.15) is 0 Å². The first-order valence-electron chi connectivity index (χ1n) is 12.6. The fourth-order valence-corrected chi connectivity index (χ4v) is 5.86. The minimum Gasteiger partial charge on any atom is -0.354 e. The molecule has 0 aliphatic rings. The molecule has 7 nitrogen and oxygen atoms in total. The maximum atomic E-state index is 14.0. The zero-order valence-corrected chi connectivity index (χ0v) is 24.7. The van der Waals surface area contributed by atoms with E-state index < -0.39 is 28.5 Å². The second-order valence-corrected chi connectivity index (χ2v) is 12.4. The number of sulfonamides is 1. The van der Waals surface area contributed by atoms with E-state index in [1.54, 1.807) is 61.5 Å². The number of nitrogens with zero attached hydrogens (tertiary/aromatic N) is 2. The van der Waals surface area contributed by atoms with Crippen LogP contribution in [0.4, 0.5) is 5.69 Å². The normalized spacial score (nSPS) is 12.2. The molecule has 0 aliphatic carbocycles. The van der Waals surface area contributed by atoms with Crippen molar-refractivity contribution >= 4 is 50.7 Å². The summed E-state index contributed by atoms with van der Waals surface area (Å²) in [5.41, 5.74) is 1.62. The van der Waals surface area contributed by atoms with Crippen molar-refractivity contribution in [2.75, 3.05) is 17.4 Å². The van der Waals surface area contributed by atoms with Crippen LogP contribution in [0.2, 0.25) is 10.0 Å². The molecule has 0 spiro atoms. The van der Waals surface area contributed by atoms with Gasteiger partial charge >= 0.3 is 0 Å². The van der Waals surface area contributed by atoms with Crippen LogP contribution < -0.4 is 9.62 Å². The number of hydrogen-bond acceptors (Lipinski definition) is 4. The number of nitrogens with one attached hydrogen (secondary N) is 1. The SMILES string of the molecule is Cc1cccc(N(CC(=O)N(Cc2c(Cl)cccc2Cl)[C@H](C)C(=O)NCC(C)C)S(=O)(=O)c2ccccc2)c1. The van der Waals surface area contributed by atoms with Gasteiger partial charge in [0, 0.05) is 28.7 Å². The van der Waals surface area contributed by atoms with Gasteiger partial charge in [-0.1, -0.05) is 73.4 Å². The van der Waals surface area contributed by atoms with Gasteiger partial charge in [-0.25, -0.2) is 8.42 Å². The summed E-state index contributed by atoms with van der Waals surface area (Å²) in [6.07, 6.45) is 0. The molecule has 0 unspecified atom stereocenters. The highest BCUT2D eigenvalue weighted by Crippen LogP contribution is 2.28. The zero-order valence-electron chi connectivity index (χ0n) is 22.4. The van der Waals surface area contributed by atoms with E-state index in [2.05, 4.69) is 5.32 Å². The van der Waals surface area contributed by atoms with E-state index in [0.29, 0.717) is 27.8 Å². The van der Waals surface area contributed by atoms with E-state index in [9.17, 15) is 18.0 Å². The third-order valence-electron chi connectivity index (χ3n) is 6.14. The maximum absolute atomic E-state index is 14.0. The van der Waals surface area contributed by atoms with Crippen molar-refractivity contribution in [3.05, 3.63) is 94.0 Å². The lowest BCUT2D eigenvalue weighted by Crippen LogP contribution is -2.51. The van der Waals surface area contributed by atoms with Crippen LogP contribution in [0, 0.1) is 12.8 Å². The van der Waals surface area contributed by atoms with Crippen molar-refractivity contribution < 1.29 is 18.0 Å². The molecule has 0 fully saturated rings. The van der Waals surface area contributed by atoms with Crippen LogP contribution in [0.5, 0.6) is 0 Å². The van der Waals surface area contributed by atoms with Crippen molar-refractivity contribution in [2.45, 2.75) is 45.2 Å². The summed E-state index contributed by atoms with van der Waals surface area (Å²) in [5, 5.41) is 3.52. The van der Waals surface area contributed by atoms with Gasteiger partial charge in [-0.15, -0.1) is 0 Å². The minimum atomic E-state index is -4.12. The molecule has 3 aromatic carbocycles. The summed E-state index contributed by atoms with van der Waals surface area (Å²) in [7, 11) is -4.12. The third-order valence-corrected chi connectivity index (χ3v) is 8.64. The molecule has 0 saturated carbocycles. The molecule has 10 heteroatoms. The predicted molar refractivity (Wildman–Crippen MR) is 156 cm³/mol. The lowest BCUT2D eigenvalue weighted by molar-refractivity contribution is -0.139. The molecule has 0 bridgehead atoms. The molecule has 3 aromatic rings. The van der Waals surface area contributed by atoms with Crippen LogP contribution in [0.15, 0.2) is 77.7 Å². The highest BCUT2D eigenvalue weighted by molar-refractivity contribution is 7.92. The second-order valence-electron chi connectivity index (χ2n) is 9.70. The van der Waals surface area contributed by atoms with E-state index in [1.807, 2.05) is 26.8 Å². The maximum Gasteiger partial charge on any atom is 0.264 e. The van der Waals surface area contributed by atoms with Crippen LogP contribution in [-0.4, -0.2) is 44.3 Å². The minimum absolute atomic E-state index is 0.0442. The van der Waals surface area contributed by atoms with Crippen LogP contribution in [0.3, 0.4) is 0 Å². The first-order chi connectivity index (χ1) is 18.4. The lowest BCUT2D eigenvalue weighted by Gasteiger charge is -2.32. The van der Waals surface area contributed by atoms with Gasteiger partial charge in [0.1, 0.15) is 12.6 Å². The van der Waals surface area contributed by atoms with E-state index in [1.165, 1.54) is 17.0 Å². The number of hydrogen-bond donors (Lipinski definition) is 1. The molecule has 1 N–H and O–H groups in total. The van der Waals surface area contributed by atoms with Gasteiger partial charge in [0.05, 0.1) is 10.6 Å². The average Bonchev–Trinajstić information content (AvgIpc) is 2.90. The third kappa shape index (κ3) is 7.75. The Balaban J connectivity index is 2.04. The first kappa shape index (κ1) is 30.5. The molecule has 0 saturated heterocycles. The van der Waals surface area contributed by atoms with Crippen molar-refractivity contribution in [1.29, 1.82) is 0 Å². The Morgan fingerprint density at radius 1 is 0.897 bits per heavy atom. The Morgan fingerprint density at radius 3 is 2.10 bits per heavy atom. The molecule has 2 amide bonds. The Kier molecular flexibility index (Phi) is 10.4. The summed E-state index contributed by atoms with van der Waals surface area (Å²) < 4.78 is 28.6. The van der Waals surface area contributed by atoms with Gasteiger partial charge in [0.15, 0.2) is 0 Å². The highest BCUT2D eigenvalue weighted by atomic mass is 35.5. The molecule has 1 atom stereocenters. The Hall–Kier alpha value is -3.07. The number of rotatable bonds is 11. The first-order valence-corrected chi connectivity index (χ1v) is 14.8. The number of amides is 2. The topological polar surface area (TPSA) is 86.8 Å². The molecule has 0 aliphatic heterocycles. The second kappa shape index (κ2) is 13.3. The molecule has 0 radical (unpaired) electrons. The Bertz CT molecular complexity index is 1390. The number of benzene rings is 3.